The van der Waals surface area contributed by atoms with Gasteiger partial charge in [0.05, 0.1) is 0 Å². The summed E-state index contributed by atoms with van der Waals surface area (Å²) in [4.78, 5) is 10.4. The molecule has 0 aliphatic heterocycles. The zero-order valence-corrected chi connectivity index (χ0v) is 6.76. The summed E-state index contributed by atoms with van der Waals surface area (Å²) in [5.74, 6) is -0.145. The van der Waals surface area contributed by atoms with Gasteiger partial charge in [0.1, 0.15) is 0 Å². The van der Waals surface area contributed by atoms with Gasteiger partial charge >= 0.3 is 60.7 Å². The summed E-state index contributed by atoms with van der Waals surface area (Å²) in [5.41, 5.74) is 10.4. The first-order chi connectivity index (χ1) is 4.04. The van der Waals surface area contributed by atoms with Crippen molar-refractivity contribution < 1.29 is 4.79 Å². The Morgan fingerprint density at radius 3 is 2.33 bits per heavy atom. The second-order valence-corrected chi connectivity index (χ2v) is 2.52. The molecule has 0 saturated heterocycles. The summed E-state index contributed by atoms with van der Waals surface area (Å²) < 4.78 is 0.331. The minimum absolute atomic E-state index is 0.145. The van der Waals surface area contributed by atoms with Crippen LogP contribution >= 0.6 is 0 Å². The van der Waals surface area contributed by atoms with E-state index in [-0.39, 0.29) is 5.78 Å². The fourth-order valence-electron chi connectivity index (χ4n) is 0.255. The third kappa shape index (κ3) is 4.14. The van der Waals surface area contributed by atoms with Crippen molar-refractivity contribution in [2.45, 2.75) is 13.1 Å². The van der Waals surface area contributed by atoms with Gasteiger partial charge in [0.25, 0.3) is 0 Å². The van der Waals surface area contributed by atoms with Crippen LogP contribution in [0.1, 0.15) is 6.92 Å². The Hall–Kier alpha value is -0.381. The van der Waals surface area contributed by atoms with Gasteiger partial charge in [-0.1, -0.05) is 0 Å². The Bertz CT molecular complexity index is 136. The number of hydrogen-bond donors (Lipinski definition) is 3. The van der Waals surface area contributed by atoms with Crippen LogP contribution in [0.25, 0.3) is 0 Å². The molecular weight excluding hydrogens is 185 g/mol. The van der Waals surface area contributed by atoms with Gasteiger partial charge in [-0.3, -0.25) is 0 Å². The quantitative estimate of drug-likeness (QED) is 0.347. The summed E-state index contributed by atoms with van der Waals surface area (Å²) in [6.07, 6.45) is -0.689. The van der Waals surface area contributed by atoms with Crippen molar-refractivity contribution in [2.24, 2.45) is 11.5 Å². The number of nitrogens with one attached hydrogen (secondary N) is 1. The summed E-state index contributed by atoms with van der Waals surface area (Å²) in [6, 6.07) is 0. The van der Waals surface area contributed by atoms with Crippen LogP contribution in [0.4, 0.5) is 0 Å². The number of hydrogen-bond acceptors (Lipinski definition) is 4. The molecule has 0 heterocycles. The molecule has 0 fully saturated rings. The molecule has 0 aromatic heterocycles. The molecule has 0 aromatic carbocycles. The van der Waals surface area contributed by atoms with E-state index in [0.717, 1.165) is 0 Å². The van der Waals surface area contributed by atoms with Gasteiger partial charge < -0.3 is 0 Å². The molecule has 9 heavy (non-hydrogen) atoms. The topological polar surface area (TPSA) is 81.1 Å². The van der Waals surface area contributed by atoms with Crippen LogP contribution in [-0.2, 0) is 4.79 Å². The SMILES string of the molecule is CC(=O)C(N)NC(N)=[Se]. The van der Waals surface area contributed by atoms with E-state index in [1.807, 2.05) is 0 Å². The first kappa shape index (κ1) is 8.62. The first-order valence-electron chi connectivity index (χ1n) is 2.36. The number of rotatable bonds is 3. The maximum absolute atomic E-state index is 10.4. The third-order valence-corrected chi connectivity index (χ3v) is 0.983. The van der Waals surface area contributed by atoms with Gasteiger partial charge in [-0.05, 0) is 0 Å². The molecule has 0 aliphatic rings. The van der Waals surface area contributed by atoms with Crippen molar-refractivity contribution in [1.29, 1.82) is 0 Å². The molecule has 0 bridgehead atoms. The van der Waals surface area contributed by atoms with Crippen LogP contribution in [0.5, 0.6) is 0 Å². The minimum atomic E-state index is -0.689. The van der Waals surface area contributed by atoms with Gasteiger partial charge in [0, 0.05) is 0 Å². The first-order valence-corrected chi connectivity index (χ1v) is 3.21. The maximum atomic E-state index is 10.4. The fraction of sp³-hybridized carbons (Fsp3) is 0.500. The second kappa shape index (κ2) is 3.61. The van der Waals surface area contributed by atoms with Crippen LogP contribution < -0.4 is 16.8 Å². The van der Waals surface area contributed by atoms with Gasteiger partial charge in [-0.2, -0.15) is 0 Å². The molecule has 0 aromatic rings. The number of Topliss-reactive ketones (excluding diaryl/α,β-unsaturated/α-hetero) is 1. The Morgan fingerprint density at radius 2 is 2.22 bits per heavy atom. The molecule has 5 heteroatoms. The molecule has 4 nitrogen and oxygen atoms in total. The monoisotopic (exact) mass is 195 g/mol. The van der Waals surface area contributed by atoms with E-state index >= 15 is 0 Å². The average molecular weight is 194 g/mol. The van der Waals surface area contributed by atoms with E-state index in [0.29, 0.717) is 4.67 Å². The summed E-state index contributed by atoms with van der Waals surface area (Å²) in [5, 5.41) is 2.51. The van der Waals surface area contributed by atoms with Crippen molar-refractivity contribution in [3.05, 3.63) is 0 Å². The van der Waals surface area contributed by atoms with Crippen molar-refractivity contribution in [3.8, 4) is 0 Å². The number of carbonyl (C=O) groups excluding carboxylic acids is 1. The average Bonchev–Trinajstić information content (AvgIpc) is 1.63. The predicted octanol–water partition coefficient (Wildman–Crippen LogP) is -2.34. The summed E-state index contributed by atoms with van der Waals surface area (Å²) in [7, 11) is 0. The molecule has 52 valence electrons. The molecule has 5 N–H and O–H groups in total. The number of carbonyl (C=O) groups is 1. The standard InChI is InChI=1S/C4H9N3OSe/c1-2(8)3(5)7-4(6)9/h3H,5H2,1H3,(H3,6,7,9). The normalized spacial score (nSPS) is 12.2. The van der Waals surface area contributed by atoms with E-state index in [2.05, 4.69) is 20.9 Å². The van der Waals surface area contributed by atoms with Gasteiger partial charge in [0.2, 0.25) is 0 Å². The van der Waals surface area contributed by atoms with Crippen LogP contribution in [0.2, 0.25) is 0 Å². The third-order valence-electron chi connectivity index (χ3n) is 0.736. The zero-order valence-electron chi connectivity index (χ0n) is 5.05. The Kier molecular flexibility index (Phi) is 3.46. The molecule has 0 rings (SSSR count). The van der Waals surface area contributed by atoms with E-state index in [4.69, 9.17) is 11.5 Å². The number of ketones is 1. The molecule has 0 spiro atoms. The molecule has 0 aliphatic carbocycles. The Morgan fingerprint density at radius 1 is 1.78 bits per heavy atom. The zero-order chi connectivity index (χ0) is 7.44. The van der Waals surface area contributed by atoms with Crippen molar-refractivity contribution in [1.82, 2.24) is 5.32 Å². The Balaban J connectivity index is 3.63. The molecule has 0 radical (unpaired) electrons. The fourth-order valence-corrected chi connectivity index (χ4v) is 0.521. The van der Waals surface area contributed by atoms with Crippen LogP contribution in [-0.4, -0.2) is 32.2 Å². The molecular formula is C4H9N3OSe. The van der Waals surface area contributed by atoms with Crippen LogP contribution in [0.3, 0.4) is 0 Å². The van der Waals surface area contributed by atoms with E-state index in [1.165, 1.54) is 6.92 Å². The summed E-state index contributed by atoms with van der Waals surface area (Å²) >= 11 is 2.48. The van der Waals surface area contributed by atoms with Gasteiger partial charge in [0.15, 0.2) is 0 Å². The van der Waals surface area contributed by atoms with Gasteiger partial charge in [-0.15, -0.1) is 0 Å². The molecule has 1 atom stereocenters. The number of nitrogens with two attached hydrogens (primary N) is 2. The molecule has 1 unspecified atom stereocenters. The van der Waals surface area contributed by atoms with Crippen molar-refractivity contribution in [3.63, 3.8) is 0 Å². The van der Waals surface area contributed by atoms with Crippen molar-refractivity contribution >= 4 is 26.0 Å². The van der Waals surface area contributed by atoms with E-state index in [1.54, 1.807) is 0 Å². The van der Waals surface area contributed by atoms with Crippen molar-refractivity contribution in [2.75, 3.05) is 0 Å². The van der Waals surface area contributed by atoms with E-state index < -0.39 is 6.17 Å². The second-order valence-electron chi connectivity index (χ2n) is 1.60. The van der Waals surface area contributed by atoms with Crippen LogP contribution in [0, 0.1) is 0 Å². The molecule has 0 amide bonds. The van der Waals surface area contributed by atoms with E-state index in [9.17, 15) is 4.79 Å². The Labute approximate surface area is 61.3 Å². The van der Waals surface area contributed by atoms with Gasteiger partial charge in [-0.25, -0.2) is 0 Å². The predicted molar refractivity (Wildman–Crippen MR) is 36.7 cm³/mol. The summed E-state index contributed by atoms with van der Waals surface area (Å²) in [6.45, 7) is 1.39. The van der Waals surface area contributed by atoms with Crippen LogP contribution in [0.15, 0.2) is 0 Å². The molecule has 0 saturated carbocycles.